The number of rotatable bonds is 8. The van der Waals surface area contributed by atoms with E-state index in [4.69, 9.17) is 5.11 Å². The molecule has 0 saturated heterocycles. The Labute approximate surface area is 119 Å². The van der Waals surface area contributed by atoms with Crippen molar-refractivity contribution < 1.29 is 14.7 Å². The van der Waals surface area contributed by atoms with Crippen molar-refractivity contribution in [3.05, 3.63) is 29.8 Å². The van der Waals surface area contributed by atoms with Gasteiger partial charge in [-0.05, 0) is 30.9 Å². The fourth-order valence-corrected chi connectivity index (χ4v) is 1.90. The maximum absolute atomic E-state index is 11.7. The molecule has 0 aromatic heterocycles. The summed E-state index contributed by atoms with van der Waals surface area (Å²) in [5.41, 5.74) is 1.95. The molecule has 0 atom stereocenters. The first kappa shape index (κ1) is 16.0. The van der Waals surface area contributed by atoms with E-state index in [0.717, 1.165) is 24.1 Å². The Bertz CT molecular complexity index is 446. The van der Waals surface area contributed by atoms with E-state index in [9.17, 15) is 9.59 Å². The summed E-state index contributed by atoms with van der Waals surface area (Å²) in [5, 5.41) is 14.1. The highest BCUT2D eigenvalue weighted by Crippen LogP contribution is 2.16. The van der Waals surface area contributed by atoms with Crippen LogP contribution < -0.4 is 10.6 Å². The molecule has 0 saturated carbocycles. The molecule has 0 aliphatic carbocycles. The van der Waals surface area contributed by atoms with Crippen LogP contribution in [0.2, 0.25) is 0 Å². The molecule has 3 N–H and O–H groups in total. The van der Waals surface area contributed by atoms with Gasteiger partial charge in [-0.25, -0.2) is 4.79 Å². The van der Waals surface area contributed by atoms with Crippen molar-refractivity contribution in [3.63, 3.8) is 0 Å². The normalized spacial score (nSPS) is 10.1. The molecule has 0 aliphatic rings. The van der Waals surface area contributed by atoms with Crippen LogP contribution in [0.3, 0.4) is 0 Å². The summed E-state index contributed by atoms with van der Waals surface area (Å²) in [7, 11) is 0. The predicted molar refractivity (Wildman–Crippen MR) is 78.9 cm³/mol. The number of urea groups is 1. The van der Waals surface area contributed by atoms with Gasteiger partial charge in [0.25, 0.3) is 0 Å². The molecule has 0 spiro atoms. The molecule has 1 rings (SSSR count). The number of para-hydroxylation sites is 1. The van der Waals surface area contributed by atoms with Crippen LogP contribution in [0.25, 0.3) is 0 Å². The number of carbonyl (C=O) groups is 2. The molecule has 0 bridgehead atoms. The van der Waals surface area contributed by atoms with Crippen molar-refractivity contribution in [2.24, 2.45) is 0 Å². The maximum Gasteiger partial charge on any atom is 0.319 e. The number of hydrogen-bond acceptors (Lipinski definition) is 2. The second kappa shape index (κ2) is 8.96. The van der Waals surface area contributed by atoms with E-state index in [2.05, 4.69) is 17.6 Å². The van der Waals surface area contributed by atoms with Crippen LogP contribution in [0.15, 0.2) is 24.3 Å². The fourth-order valence-electron chi connectivity index (χ4n) is 1.90. The zero-order valence-electron chi connectivity index (χ0n) is 11.8. The van der Waals surface area contributed by atoms with E-state index < -0.39 is 5.97 Å². The lowest BCUT2D eigenvalue weighted by atomic mass is 10.1. The van der Waals surface area contributed by atoms with Gasteiger partial charge in [-0.1, -0.05) is 31.5 Å². The van der Waals surface area contributed by atoms with E-state index in [0.29, 0.717) is 19.4 Å². The molecule has 1 aromatic carbocycles. The van der Waals surface area contributed by atoms with Gasteiger partial charge in [-0.3, -0.25) is 4.79 Å². The smallest absolute Gasteiger partial charge is 0.319 e. The van der Waals surface area contributed by atoms with Gasteiger partial charge in [0, 0.05) is 18.7 Å². The number of carbonyl (C=O) groups excluding carboxylic acids is 1. The lowest BCUT2D eigenvalue weighted by molar-refractivity contribution is -0.137. The average Bonchev–Trinajstić information content (AvgIpc) is 2.40. The molecule has 0 unspecified atom stereocenters. The van der Waals surface area contributed by atoms with Gasteiger partial charge in [0.1, 0.15) is 0 Å². The third kappa shape index (κ3) is 6.22. The summed E-state index contributed by atoms with van der Waals surface area (Å²) in [5.74, 6) is -0.803. The highest BCUT2D eigenvalue weighted by Gasteiger charge is 2.05. The number of amides is 2. The molecule has 2 amide bonds. The van der Waals surface area contributed by atoms with Gasteiger partial charge in [-0.15, -0.1) is 0 Å². The average molecular weight is 278 g/mol. The van der Waals surface area contributed by atoms with Crippen LogP contribution in [-0.2, 0) is 11.2 Å². The van der Waals surface area contributed by atoms with Gasteiger partial charge in [0.15, 0.2) is 0 Å². The van der Waals surface area contributed by atoms with Crippen molar-refractivity contribution in [3.8, 4) is 0 Å². The Morgan fingerprint density at radius 1 is 1.20 bits per heavy atom. The number of carboxylic acids is 1. The third-order valence-corrected chi connectivity index (χ3v) is 2.89. The number of hydrogen-bond donors (Lipinski definition) is 3. The summed E-state index contributed by atoms with van der Waals surface area (Å²) in [6, 6.07) is 7.49. The minimum absolute atomic E-state index is 0.142. The Morgan fingerprint density at radius 3 is 2.65 bits per heavy atom. The van der Waals surface area contributed by atoms with E-state index in [1.165, 1.54) is 0 Å². The molecule has 0 radical (unpaired) electrons. The van der Waals surface area contributed by atoms with Crippen LogP contribution >= 0.6 is 0 Å². The molecule has 5 nitrogen and oxygen atoms in total. The van der Waals surface area contributed by atoms with Gasteiger partial charge < -0.3 is 15.7 Å². The van der Waals surface area contributed by atoms with Gasteiger partial charge in [0.2, 0.25) is 0 Å². The zero-order valence-corrected chi connectivity index (χ0v) is 11.8. The van der Waals surface area contributed by atoms with Crippen LogP contribution in [0.1, 0.15) is 38.2 Å². The molecular weight excluding hydrogens is 256 g/mol. The summed E-state index contributed by atoms with van der Waals surface area (Å²) in [4.78, 5) is 22.1. The number of nitrogens with one attached hydrogen (secondary N) is 2. The maximum atomic E-state index is 11.7. The first-order chi connectivity index (χ1) is 9.63. The quantitative estimate of drug-likeness (QED) is 0.640. The molecule has 0 aliphatic heterocycles. The lowest BCUT2D eigenvalue weighted by Gasteiger charge is -2.11. The summed E-state index contributed by atoms with van der Waals surface area (Å²) >= 11 is 0. The Morgan fingerprint density at radius 2 is 1.95 bits per heavy atom. The molecule has 0 fully saturated rings. The van der Waals surface area contributed by atoms with Crippen LogP contribution in [0.4, 0.5) is 10.5 Å². The monoisotopic (exact) mass is 278 g/mol. The van der Waals surface area contributed by atoms with E-state index in [-0.39, 0.29) is 12.5 Å². The SMILES string of the molecule is CCCc1ccccc1NC(=O)NCCCCC(=O)O. The number of aryl methyl sites for hydroxylation is 1. The number of anilines is 1. The molecule has 20 heavy (non-hydrogen) atoms. The fraction of sp³-hybridized carbons (Fsp3) is 0.467. The van der Waals surface area contributed by atoms with Gasteiger partial charge >= 0.3 is 12.0 Å². The second-order valence-corrected chi connectivity index (χ2v) is 4.64. The second-order valence-electron chi connectivity index (χ2n) is 4.64. The summed E-state index contributed by atoms with van der Waals surface area (Å²) < 4.78 is 0. The summed E-state index contributed by atoms with van der Waals surface area (Å²) in [6.45, 7) is 2.58. The highest BCUT2D eigenvalue weighted by molar-refractivity contribution is 5.90. The Balaban J connectivity index is 2.33. The first-order valence-corrected chi connectivity index (χ1v) is 6.98. The standard InChI is InChI=1S/C15H22N2O3/c1-2-7-12-8-3-4-9-13(12)17-15(20)16-11-6-5-10-14(18)19/h3-4,8-9H,2,5-7,10-11H2,1H3,(H,18,19)(H2,16,17,20). The van der Waals surface area contributed by atoms with Crippen molar-refractivity contribution in [1.82, 2.24) is 5.32 Å². The van der Waals surface area contributed by atoms with E-state index in [1.807, 2.05) is 24.3 Å². The summed E-state index contributed by atoms with van der Waals surface area (Å²) in [6.07, 6.45) is 3.32. The Kier molecular flexibility index (Phi) is 7.17. The minimum Gasteiger partial charge on any atom is -0.481 e. The topological polar surface area (TPSA) is 78.4 Å². The van der Waals surface area contributed by atoms with Crippen molar-refractivity contribution in [2.75, 3.05) is 11.9 Å². The van der Waals surface area contributed by atoms with Crippen molar-refractivity contribution in [1.29, 1.82) is 0 Å². The first-order valence-electron chi connectivity index (χ1n) is 6.98. The third-order valence-electron chi connectivity index (χ3n) is 2.89. The molecule has 5 heteroatoms. The lowest BCUT2D eigenvalue weighted by Crippen LogP contribution is -2.30. The number of carboxylic acid groups (broad SMARTS) is 1. The molecule has 110 valence electrons. The molecule has 1 aromatic rings. The van der Waals surface area contributed by atoms with Gasteiger partial charge in [0.05, 0.1) is 0 Å². The van der Waals surface area contributed by atoms with Crippen LogP contribution in [0, 0.1) is 0 Å². The van der Waals surface area contributed by atoms with Gasteiger partial charge in [-0.2, -0.15) is 0 Å². The number of benzene rings is 1. The van der Waals surface area contributed by atoms with Crippen LogP contribution in [0.5, 0.6) is 0 Å². The van der Waals surface area contributed by atoms with Crippen LogP contribution in [-0.4, -0.2) is 23.7 Å². The highest BCUT2D eigenvalue weighted by atomic mass is 16.4. The zero-order chi connectivity index (χ0) is 14.8. The van der Waals surface area contributed by atoms with Crippen molar-refractivity contribution >= 4 is 17.7 Å². The largest absolute Gasteiger partial charge is 0.481 e. The molecule has 0 heterocycles. The molecular formula is C15H22N2O3. The number of unbranched alkanes of at least 4 members (excludes halogenated alkanes) is 1. The number of aliphatic carboxylic acids is 1. The van der Waals surface area contributed by atoms with E-state index in [1.54, 1.807) is 0 Å². The van der Waals surface area contributed by atoms with Crippen molar-refractivity contribution in [2.45, 2.75) is 39.0 Å². The Hall–Kier alpha value is -2.04. The minimum atomic E-state index is -0.803. The van der Waals surface area contributed by atoms with E-state index >= 15 is 0 Å². The predicted octanol–water partition coefficient (Wildman–Crippen LogP) is 3.02.